The Balaban J connectivity index is 1.50. The first-order valence-corrected chi connectivity index (χ1v) is 16.9. The molecule has 0 radical (unpaired) electrons. The number of methoxy groups -OCH3 is 4. The predicted octanol–water partition coefficient (Wildman–Crippen LogP) is 12.1. The van der Waals surface area contributed by atoms with Gasteiger partial charge in [-0.3, -0.25) is 0 Å². The van der Waals surface area contributed by atoms with E-state index in [2.05, 4.69) is 109 Å². The highest BCUT2D eigenvalue weighted by atomic mass is 16.5. The summed E-state index contributed by atoms with van der Waals surface area (Å²) in [5, 5.41) is 24.7. The molecule has 0 heterocycles. The van der Waals surface area contributed by atoms with E-state index >= 15 is 0 Å². The number of hydrogen-bond acceptors (Lipinski definition) is 4. The molecule has 0 amide bonds. The van der Waals surface area contributed by atoms with Crippen molar-refractivity contribution in [2.75, 3.05) is 28.4 Å². The molecule has 0 aliphatic heterocycles. The Hall–Kier alpha value is -6.26. The van der Waals surface area contributed by atoms with Crippen LogP contribution in [0.1, 0.15) is 0 Å². The van der Waals surface area contributed by atoms with Gasteiger partial charge in [0.1, 0.15) is 23.0 Å². The molecule has 0 saturated carbocycles. The maximum atomic E-state index is 5.84. The molecule has 238 valence electrons. The minimum atomic E-state index is 0.846. The summed E-state index contributed by atoms with van der Waals surface area (Å²) in [6, 6.07) is 39.6. The highest BCUT2D eigenvalue weighted by Crippen LogP contribution is 2.55. The second-order valence-electron chi connectivity index (χ2n) is 13.4. The van der Waals surface area contributed by atoms with E-state index in [1.165, 1.54) is 108 Å². The third-order valence-corrected chi connectivity index (χ3v) is 11.3. The Morgan fingerprint density at radius 2 is 0.480 bits per heavy atom. The van der Waals surface area contributed by atoms with E-state index in [0.717, 1.165) is 23.0 Å². The van der Waals surface area contributed by atoms with E-state index in [0.29, 0.717) is 0 Å². The van der Waals surface area contributed by atoms with Gasteiger partial charge in [-0.25, -0.2) is 0 Å². The molecule has 0 unspecified atom stereocenters. The van der Waals surface area contributed by atoms with Crippen LogP contribution >= 0.6 is 0 Å². The average molecular weight is 647 g/mol. The van der Waals surface area contributed by atoms with Crippen molar-refractivity contribution in [1.29, 1.82) is 0 Å². The first-order valence-electron chi connectivity index (χ1n) is 16.9. The van der Waals surface area contributed by atoms with Crippen molar-refractivity contribution in [1.82, 2.24) is 0 Å². The quantitative estimate of drug-likeness (QED) is 0.141. The van der Waals surface area contributed by atoms with Crippen molar-refractivity contribution in [2.45, 2.75) is 0 Å². The van der Waals surface area contributed by atoms with Gasteiger partial charge in [0, 0.05) is 0 Å². The van der Waals surface area contributed by atoms with Gasteiger partial charge in [-0.15, -0.1) is 0 Å². The van der Waals surface area contributed by atoms with E-state index < -0.39 is 0 Å². The van der Waals surface area contributed by atoms with Crippen molar-refractivity contribution >= 4 is 108 Å². The molecule has 11 aromatic carbocycles. The highest BCUT2D eigenvalue weighted by molar-refractivity contribution is 6.54. The van der Waals surface area contributed by atoms with Crippen molar-refractivity contribution in [2.24, 2.45) is 0 Å². The van der Waals surface area contributed by atoms with Crippen LogP contribution in [0, 0.1) is 0 Å². The summed E-state index contributed by atoms with van der Waals surface area (Å²) >= 11 is 0. The monoisotopic (exact) mass is 646 g/mol. The molecule has 0 bridgehead atoms. The Labute approximate surface area is 286 Å². The van der Waals surface area contributed by atoms with Crippen LogP contribution in [0.25, 0.3) is 108 Å². The molecule has 0 atom stereocenters. The largest absolute Gasteiger partial charge is 0.497 e. The average Bonchev–Trinajstić information content (AvgIpc) is 3.72. The highest BCUT2D eigenvalue weighted by Gasteiger charge is 2.26. The van der Waals surface area contributed by atoms with Crippen LogP contribution < -0.4 is 18.9 Å². The second-order valence-corrected chi connectivity index (χ2v) is 13.4. The zero-order valence-electron chi connectivity index (χ0n) is 28.0. The van der Waals surface area contributed by atoms with Crippen molar-refractivity contribution in [3.05, 3.63) is 109 Å². The molecular formula is C46H30O4. The maximum absolute atomic E-state index is 5.84. The standard InChI is InChI=1S/C46H30O4/c1-47-23-11-15-27-29-17-13-25(49-3)21-37(29)45-41(35(27)19-23)31-7-5-9-33-39(31)43(45)34-10-6-8-32-40(34)44(33)46-38-22-26(50-4)14-18-30(38)28-16-12-24(48-2)20-36(28)42(32)46/h5-22H,1-4H3. The van der Waals surface area contributed by atoms with Crippen molar-refractivity contribution in [3.63, 3.8) is 0 Å². The van der Waals surface area contributed by atoms with Gasteiger partial charge in [0.15, 0.2) is 0 Å². The normalized spacial score (nSPS) is 12.4. The Bertz CT molecular complexity index is 3030. The SMILES string of the molecule is COc1ccc2c3ccc(OC)cc3c3c(c2c1)c1cccc2c1c3c1cccc3c4c5cc(OC)ccc5c5ccc(OC)cc5c4c2c31. The molecule has 0 N–H and O–H groups in total. The van der Waals surface area contributed by atoms with Gasteiger partial charge < -0.3 is 18.9 Å². The Morgan fingerprint density at radius 3 is 0.780 bits per heavy atom. The van der Waals surface area contributed by atoms with Crippen LogP contribution in [0.5, 0.6) is 23.0 Å². The fraction of sp³-hybridized carbons (Fsp3) is 0.0870. The number of fused-ring (bicyclic) bond motifs is 18. The fourth-order valence-corrected chi connectivity index (χ4v) is 9.25. The van der Waals surface area contributed by atoms with Gasteiger partial charge in [0.2, 0.25) is 0 Å². The summed E-state index contributed by atoms with van der Waals surface area (Å²) in [5.41, 5.74) is 0. The third-order valence-electron chi connectivity index (χ3n) is 11.3. The Kier molecular flexibility index (Phi) is 5.35. The molecule has 0 aromatic heterocycles. The number of benzene rings is 9. The molecule has 0 aliphatic carbocycles. The fourth-order valence-electron chi connectivity index (χ4n) is 9.25. The Morgan fingerprint density at radius 1 is 0.240 bits per heavy atom. The summed E-state index contributed by atoms with van der Waals surface area (Å²) < 4.78 is 23.3. The topological polar surface area (TPSA) is 36.9 Å². The predicted molar refractivity (Wildman–Crippen MR) is 210 cm³/mol. The lowest BCUT2D eigenvalue weighted by atomic mass is 9.92. The summed E-state index contributed by atoms with van der Waals surface area (Å²) in [5.74, 6) is 3.39. The molecular weight excluding hydrogens is 617 g/mol. The molecule has 0 saturated heterocycles. The molecule has 0 fully saturated rings. The van der Waals surface area contributed by atoms with Gasteiger partial charge in [-0.2, -0.15) is 0 Å². The van der Waals surface area contributed by atoms with Crippen LogP contribution in [-0.2, 0) is 0 Å². The zero-order valence-corrected chi connectivity index (χ0v) is 28.0. The molecule has 11 rings (SSSR count). The van der Waals surface area contributed by atoms with E-state index in [9.17, 15) is 0 Å². The van der Waals surface area contributed by atoms with Crippen LogP contribution in [0.15, 0.2) is 109 Å². The van der Waals surface area contributed by atoms with E-state index in [-0.39, 0.29) is 0 Å². The first-order chi connectivity index (χ1) is 24.6. The smallest absolute Gasteiger partial charge is 0.119 e. The van der Waals surface area contributed by atoms with E-state index in [1.807, 2.05) is 0 Å². The molecule has 50 heavy (non-hydrogen) atoms. The summed E-state index contributed by atoms with van der Waals surface area (Å²) in [6.45, 7) is 0. The third kappa shape index (κ3) is 3.26. The van der Waals surface area contributed by atoms with Gasteiger partial charge in [0.25, 0.3) is 0 Å². The summed E-state index contributed by atoms with van der Waals surface area (Å²) in [4.78, 5) is 0. The molecule has 11 aromatic rings. The molecule has 0 spiro atoms. The first kappa shape index (κ1) is 27.7. The minimum absolute atomic E-state index is 0.846. The van der Waals surface area contributed by atoms with Crippen LogP contribution in [0.2, 0.25) is 0 Å². The maximum Gasteiger partial charge on any atom is 0.119 e. The zero-order chi connectivity index (χ0) is 33.4. The van der Waals surface area contributed by atoms with Crippen LogP contribution in [-0.4, -0.2) is 28.4 Å². The lowest BCUT2D eigenvalue weighted by molar-refractivity contribution is 0.415. The van der Waals surface area contributed by atoms with Gasteiger partial charge in [-0.1, -0.05) is 60.7 Å². The van der Waals surface area contributed by atoms with Crippen LogP contribution in [0.3, 0.4) is 0 Å². The van der Waals surface area contributed by atoms with Crippen molar-refractivity contribution in [3.8, 4) is 23.0 Å². The molecule has 4 heteroatoms. The minimum Gasteiger partial charge on any atom is -0.497 e. The summed E-state index contributed by atoms with van der Waals surface area (Å²) in [6.07, 6.45) is 0. The van der Waals surface area contributed by atoms with E-state index in [4.69, 9.17) is 18.9 Å². The second kappa shape index (κ2) is 9.67. The summed E-state index contributed by atoms with van der Waals surface area (Å²) in [7, 11) is 6.97. The number of ether oxygens (including phenoxy) is 4. The lowest BCUT2D eigenvalue weighted by Crippen LogP contribution is -1.87. The number of rotatable bonds is 4. The van der Waals surface area contributed by atoms with Crippen LogP contribution in [0.4, 0.5) is 0 Å². The molecule has 0 aliphatic rings. The lowest BCUT2D eigenvalue weighted by Gasteiger charge is -2.12. The van der Waals surface area contributed by atoms with Gasteiger partial charge >= 0.3 is 0 Å². The van der Waals surface area contributed by atoms with Crippen molar-refractivity contribution < 1.29 is 18.9 Å². The molecule has 4 nitrogen and oxygen atoms in total. The van der Waals surface area contributed by atoms with E-state index in [1.54, 1.807) is 28.4 Å². The van der Waals surface area contributed by atoms with Gasteiger partial charge in [-0.05, 0) is 156 Å². The van der Waals surface area contributed by atoms with Gasteiger partial charge in [0.05, 0.1) is 28.4 Å². The number of hydrogen-bond donors (Lipinski definition) is 0.